The zero-order valence-electron chi connectivity index (χ0n) is 10.4. The predicted molar refractivity (Wildman–Crippen MR) is 71.4 cm³/mol. The average molecular weight is 254 g/mol. The van der Waals surface area contributed by atoms with Crippen LogP contribution in [0.25, 0.3) is 0 Å². The van der Waals surface area contributed by atoms with Crippen molar-refractivity contribution in [1.29, 1.82) is 5.26 Å². The molecule has 96 valence electrons. The van der Waals surface area contributed by atoms with Gasteiger partial charge < -0.3 is 10.5 Å². The monoisotopic (exact) mass is 254 g/mol. The molecule has 0 aliphatic heterocycles. The molecule has 0 aliphatic carbocycles. The van der Waals surface area contributed by atoms with Crippen molar-refractivity contribution in [2.75, 3.05) is 12.3 Å². The third-order valence-corrected chi connectivity index (χ3v) is 2.55. The molecule has 0 unspecified atom stereocenters. The number of hydrogen-bond acceptors (Lipinski definition) is 5. The third-order valence-electron chi connectivity index (χ3n) is 2.55. The Morgan fingerprint density at radius 2 is 2.05 bits per heavy atom. The molecule has 0 spiro atoms. The van der Waals surface area contributed by atoms with Gasteiger partial charge in [0, 0.05) is 6.42 Å². The Balaban J connectivity index is 1.80. The minimum Gasteiger partial charge on any atom is -0.494 e. The molecule has 0 aliphatic rings. The van der Waals surface area contributed by atoms with Crippen molar-refractivity contribution in [2.45, 2.75) is 12.8 Å². The van der Waals surface area contributed by atoms with Crippen molar-refractivity contribution >= 4 is 5.82 Å². The lowest BCUT2D eigenvalue weighted by molar-refractivity contribution is 0.310. The third kappa shape index (κ3) is 3.68. The molecule has 2 rings (SSSR count). The maximum Gasteiger partial charge on any atom is 0.145 e. The van der Waals surface area contributed by atoms with Gasteiger partial charge in [-0.25, -0.2) is 9.97 Å². The maximum absolute atomic E-state index is 8.72. The lowest BCUT2D eigenvalue weighted by Crippen LogP contribution is -2.05. The number of nitrogen functional groups attached to an aromatic ring is 1. The first kappa shape index (κ1) is 12.8. The van der Waals surface area contributed by atoms with Crippen LogP contribution < -0.4 is 10.5 Å². The highest BCUT2D eigenvalue weighted by Gasteiger charge is 2.03. The van der Waals surface area contributed by atoms with Crippen molar-refractivity contribution in [3.05, 3.63) is 47.9 Å². The van der Waals surface area contributed by atoms with Crippen molar-refractivity contribution in [3.8, 4) is 11.8 Å². The van der Waals surface area contributed by atoms with Crippen LogP contribution in [0, 0.1) is 11.3 Å². The van der Waals surface area contributed by atoms with Gasteiger partial charge in [-0.1, -0.05) is 18.2 Å². The summed E-state index contributed by atoms with van der Waals surface area (Å²) >= 11 is 0. The molecule has 2 N–H and O–H groups in total. The molecule has 2 aromatic rings. The van der Waals surface area contributed by atoms with Crippen LogP contribution in [0.5, 0.6) is 5.75 Å². The number of anilines is 1. The molecule has 0 fully saturated rings. The molecule has 5 heteroatoms. The average Bonchev–Trinajstić information content (AvgIpc) is 2.45. The van der Waals surface area contributed by atoms with Crippen molar-refractivity contribution < 1.29 is 4.74 Å². The summed E-state index contributed by atoms with van der Waals surface area (Å²) in [5.74, 6) is 1.72. The van der Waals surface area contributed by atoms with E-state index in [2.05, 4.69) is 9.97 Å². The highest BCUT2D eigenvalue weighted by molar-refractivity contribution is 5.46. The lowest BCUT2D eigenvalue weighted by atomic mass is 10.3. The number of hydrogen-bond donors (Lipinski definition) is 1. The molecule has 1 aromatic heterocycles. The van der Waals surface area contributed by atoms with E-state index in [4.69, 9.17) is 15.7 Å². The molecule has 0 radical (unpaired) electrons. The molecule has 1 aromatic carbocycles. The minimum atomic E-state index is 0.233. The largest absolute Gasteiger partial charge is 0.494 e. The van der Waals surface area contributed by atoms with E-state index in [1.54, 1.807) is 0 Å². The lowest BCUT2D eigenvalue weighted by Gasteiger charge is -2.05. The number of nitrogens with two attached hydrogens (primary N) is 1. The zero-order chi connectivity index (χ0) is 13.5. The molecule has 5 nitrogen and oxygen atoms in total. The summed E-state index contributed by atoms with van der Waals surface area (Å²) in [6.07, 6.45) is 2.92. The number of nitrogens with zero attached hydrogens (tertiary/aromatic N) is 3. The van der Waals surface area contributed by atoms with Gasteiger partial charge in [-0.15, -0.1) is 0 Å². The minimum absolute atomic E-state index is 0.233. The molecule has 0 amide bonds. The highest BCUT2D eigenvalue weighted by atomic mass is 16.5. The number of rotatable bonds is 5. The molecule has 0 saturated heterocycles. The van der Waals surface area contributed by atoms with E-state index in [0.717, 1.165) is 12.2 Å². The Morgan fingerprint density at radius 1 is 1.26 bits per heavy atom. The summed E-state index contributed by atoms with van der Waals surface area (Å²) < 4.78 is 5.56. The number of para-hydroxylation sites is 1. The molecule has 0 atom stereocenters. The topological polar surface area (TPSA) is 84.8 Å². The van der Waals surface area contributed by atoms with Gasteiger partial charge in [-0.05, 0) is 18.6 Å². The van der Waals surface area contributed by atoms with Gasteiger partial charge in [0.2, 0.25) is 0 Å². The van der Waals surface area contributed by atoms with E-state index >= 15 is 0 Å². The molecular formula is C14H14N4O. The molecule has 19 heavy (non-hydrogen) atoms. The Hall–Kier alpha value is -2.61. The van der Waals surface area contributed by atoms with E-state index in [1.807, 2.05) is 36.4 Å². The maximum atomic E-state index is 8.72. The fourth-order valence-corrected chi connectivity index (χ4v) is 1.58. The SMILES string of the molecule is N#Cc1cnc(CCCOc2ccccc2)nc1N. The summed E-state index contributed by atoms with van der Waals surface area (Å²) in [6, 6.07) is 11.6. The van der Waals surface area contributed by atoms with Crippen molar-refractivity contribution in [1.82, 2.24) is 9.97 Å². The van der Waals surface area contributed by atoms with Gasteiger partial charge in [-0.3, -0.25) is 0 Å². The predicted octanol–water partition coefficient (Wildman–Crippen LogP) is 1.94. The first-order valence-electron chi connectivity index (χ1n) is 5.99. The van der Waals surface area contributed by atoms with Crippen LogP contribution >= 0.6 is 0 Å². The quantitative estimate of drug-likeness (QED) is 0.824. The fraction of sp³-hybridized carbons (Fsp3) is 0.214. The van der Waals surface area contributed by atoms with Crippen molar-refractivity contribution in [3.63, 3.8) is 0 Å². The second-order valence-corrected chi connectivity index (χ2v) is 3.96. The zero-order valence-corrected chi connectivity index (χ0v) is 10.4. The van der Waals surface area contributed by atoms with Crippen LogP contribution in [0.15, 0.2) is 36.5 Å². The first-order chi connectivity index (χ1) is 9.29. The Kier molecular flexibility index (Phi) is 4.29. The van der Waals surface area contributed by atoms with Crippen LogP contribution in [0.3, 0.4) is 0 Å². The Bertz CT molecular complexity index is 578. The van der Waals surface area contributed by atoms with Crippen LogP contribution in [-0.4, -0.2) is 16.6 Å². The molecule has 0 bridgehead atoms. The standard InChI is InChI=1S/C14H14N4O/c15-9-11-10-17-13(18-14(11)16)7-4-8-19-12-5-2-1-3-6-12/h1-3,5-6,10H,4,7-8H2,(H2,16,17,18). The van der Waals surface area contributed by atoms with Crippen LogP contribution in [0.2, 0.25) is 0 Å². The summed E-state index contributed by atoms with van der Waals surface area (Å²) in [4.78, 5) is 8.16. The summed E-state index contributed by atoms with van der Waals surface area (Å²) in [5.41, 5.74) is 5.93. The normalized spacial score (nSPS) is 9.84. The van der Waals surface area contributed by atoms with Gasteiger partial charge in [0.1, 0.15) is 29.0 Å². The Labute approximate surface area is 111 Å². The van der Waals surface area contributed by atoms with Crippen molar-refractivity contribution in [2.24, 2.45) is 0 Å². The second-order valence-electron chi connectivity index (χ2n) is 3.96. The smallest absolute Gasteiger partial charge is 0.145 e. The number of benzene rings is 1. The number of aryl methyl sites for hydroxylation is 1. The van der Waals surface area contributed by atoms with E-state index in [-0.39, 0.29) is 5.82 Å². The highest BCUT2D eigenvalue weighted by Crippen LogP contribution is 2.10. The fourth-order valence-electron chi connectivity index (χ4n) is 1.58. The summed E-state index contributed by atoms with van der Waals surface area (Å²) in [7, 11) is 0. The molecule has 0 saturated carbocycles. The van der Waals surface area contributed by atoms with Gasteiger partial charge >= 0.3 is 0 Å². The van der Waals surface area contributed by atoms with Crippen LogP contribution in [0.4, 0.5) is 5.82 Å². The first-order valence-corrected chi connectivity index (χ1v) is 5.99. The number of aromatic nitrogens is 2. The molecular weight excluding hydrogens is 240 g/mol. The summed E-state index contributed by atoms with van der Waals surface area (Å²) in [6.45, 7) is 0.591. The van der Waals surface area contributed by atoms with E-state index in [9.17, 15) is 0 Å². The summed E-state index contributed by atoms with van der Waals surface area (Å²) in [5, 5.41) is 8.72. The van der Waals surface area contributed by atoms with E-state index < -0.39 is 0 Å². The van der Waals surface area contributed by atoms with Gasteiger partial charge in [0.25, 0.3) is 0 Å². The number of ether oxygens (including phenoxy) is 1. The van der Waals surface area contributed by atoms with Gasteiger partial charge in [-0.2, -0.15) is 5.26 Å². The van der Waals surface area contributed by atoms with Crippen LogP contribution in [-0.2, 0) is 6.42 Å². The number of nitriles is 1. The van der Waals surface area contributed by atoms with Gasteiger partial charge in [0.15, 0.2) is 0 Å². The van der Waals surface area contributed by atoms with E-state index in [1.165, 1.54) is 6.20 Å². The van der Waals surface area contributed by atoms with Crippen LogP contribution in [0.1, 0.15) is 17.8 Å². The molecule has 1 heterocycles. The Morgan fingerprint density at radius 3 is 2.74 bits per heavy atom. The second kappa shape index (κ2) is 6.36. The van der Waals surface area contributed by atoms with E-state index in [0.29, 0.717) is 24.4 Å². The van der Waals surface area contributed by atoms with Gasteiger partial charge in [0.05, 0.1) is 12.8 Å².